The Bertz CT molecular complexity index is 896. The standard InChI is InChI=1S/C23H26N2O/c26-23(14-6-10-19-15-24-22-13-4-3-12-21(19)22)25-16-18-9-5-8-17-7-1-2-11-20(17)18/h1-4,7,11-13,15,18,24H,5-6,8-10,14,16H2,(H,25,26). The van der Waals surface area contributed by atoms with Crippen molar-refractivity contribution in [2.45, 2.75) is 44.4 Å². The number of hydrogen-bond acceptors (Lipinski definition) is 1. The van der Waals surface area contributed by atoms with Crippen LogP contribution in [-0.4, -0.2) is 17.4 Å². The molecule has 2 N–H and O–H groups in total. The van der Waals surface area contributed by atoms with Crippen LogP contribution in [0.4, 0.5) is 0 Å². The van der Waals surface area contributed by atoms with Crippen LogP contribution in [0, 0.1) is 0 Å². The smallest absolute Gasteiger partial charge is 0.220 e. The molecule has 1 aromatic heterocycles. The Morgan fingerprint density at radius 3 is 2.92 bits per heavy atom. The quantitative estimate of drug-likeness (QED) is 0.666. The number of H-pyrrole nitrogens is 1. The van der Waals surface area contributed by atoms with E-state index in [1.807, 2.05) is 6.07 Å². The highest BCUT2D eigenvalue weighted by Gasteiger charge is 2.20. The molecule has 1 atom stereocenters. The van der Waals surface area contributed by atoms with E-state index < -0.39 is 0 Å². The van der Waals surface area contributed by atoms with E-state index in [1.165, 1.54) is 46.9 Å². The zero-order valence-corrected chi connectivity index (χ0v) is 15.1. The van der Waals surface area contributed by atoms with Crippen molar-refractivity contribution < 1.29 is 4.79 Å². The zero-order valence-electron chi connectivity index (χ0n) is 15.1. The van der Waals surface area contributed by atoms with Crippen molar-refractivity contribution in [3.63, 3.8) is 0 Å². The van der Waals surface area contributed by atoms with Gasteiger partial charge in [-0.3, -0.25) is 4.79 Å². The Hall–Kier alpha value is -2.55. The minimum absolute atomic E-state index is 0.174. The molecule has 0 saturated heterocycles. The fraction of sp³-hybridized carbons (Fsp3) is 0.348. The second kappa shape index (κ2) is 7.77. The van der Waals surface area contributed by atoms with Crippen molar-refractivity contribution in [3.8, 4) is 0 Å². The summed E-state index contributed by atoms with van der Waals surface area (Å²) in [4.78, 5) is 15.6. The fourth-order valence-corrected chi connectivity index (χ4v) is 4.17. The molecule has 134 valence electrons. The lowest BCUT2D eigenvalue weighted by molar-refractivity contribution is -0.121. The zero-order chi connectivity index (χ0) is 17.8. The summed E-state index contributed by atoms with van der Waals surface area (Å²) >= 11 is 0. The molecule has 1 unspecified atom stereocenters. The maximum atomic E-state index is 12.3. The number of nitrogens with one attached hydrogen (secondary N) is 2. The molecule has 1 heterocycles. The summed E-state index contributed by atoms with van der Waals surface area (Å²) in [5.74, 6) is 0.644. The average Bonchev–Trinajstić information content (AvgIpc) is 3.09. The number of aromatic amines is 1. The topological polar surface area (TPSA) is 44.9 Å². The lowest BCUT2D eigenvalue weighted by Gasteiger charge is -2.25. The summed E-state index contributed by atoms with van der Waals surface area (Å²) < 4.78 is 0. The van der Waals surface area contributed by atoms with E-state index in [2.05, 4.69) is 59.0 Å². The number of rotatable bonds is 6. The summed E-state index contributed by atoms with van der Waals surface area (Å²) in [6.07, 6.45) is 8.05. The number of amides is 1. The van der Waals surface area contributed by atoms with E-state index in [0.29, 0.717) is 12.3 Å². The van der Waals surface area contributed by atoms with Crippen LogP contribution in [0.15, 0.2) is 54.7 Å². The fourth-order valence-electron chi connectivity index (χ4n) is 4.17. The first kappa shape index (κ1) is 16.9. The molecule has 3 heteroatoms. The molecule has 1 aliphatic carbocycles. The number of benzene rings is 2. The molecular formula is C23H26N2O. The minimum Gasteiger partial charge on any atom is -0.361 e. The molecule has 0 bridgehead atoms. The third-order valence-electron chi connectivity index (χ3n) is 5.56. The van der Waals surface area contributed by atoms with Gasteiger partial charge in [-0.05, 0) is 54.9 Å². The van der Waals surface area contributed by atoms with Gasteiger partial charge in [-0.25, -0.2) is 0 Å². The molecule has 26 heavy (non-hydrogen) atoms. The van der Waals surface area contributed by atoms with Gasteiger partial charge in [0.15, 0.2) is 0 Å². The second-order valence-electron chi connectivity index (χ2n) is 7.31. The van der Waals surface area contributed by atoms with Crippen molar-refractivity contribution in [3.05, 3.63) is 71.4 Å². The lowest BCUT2D eigenvalue weighted by atomic mass is 9.83. The van der Waals surface area contributed by atoms with Crippen LogP contribution >= 0.6 is 0 Å². The van der Waals surface area contributed by atoms with E-state index in [9.17, 15) is 4.79 Å². The monoisotopic (exact) mass is 346 g/mol. The normalized spacial score (nSPS) is 16.4. The number of carbonyl (C=O) groups excluding carboxylic acids is 1. The van der Waals surface area contributed by atoms with Gasteiger partial charge in [0.2, 0.25) is 5.91 Å². The maximum absolute atomic E-state index is 12.3. The Balaban J connectivity index is 1.26. The lowest BCUT2D eigenvalue weighted by Crippen LogP contribution is -2.29. The predicted molar refractivity (Wildman–Crippen MR) is 106 cm³/mol. The van der Waals surface area contributed by atoms with Gasteiger partial charge in [0.25, 0.3) is 0 Å². The van der Waals surface area contributed by atoms with E-state index in [1.54, 1.807) is 0 Å². The molecule has 3 nitrogen and oxygen atoms in total. The molecule has 0 saturated carbocycles. The van der Waals surface area contributed by atoms with E-state index in [0.717, 1.165) is 19.4 Å². The van der Waals surface area contributed by atoms with Crippen molar-refractivity contribution in [1.82, 2.24) is 10.3 Å². The highest BCUT2D eigenvalue weighted by atomic mass is 16.1. The Labute approximate surface area is 154 Å². The van der Waals surface area contributed by atoms with Gasteiger partial charge in [0.1, 0.15) is 0 Å². The Morgan fingerprint density at radius 1 is 1.12 bits per heavy atom. The Kier molecular flexibility index (Phi) is 5.05. The van der Waals surface area contributed by atoms with Crippen LogP contribution in [0.3, 0.4) is 0 Å². The average molecular weight is 346 g/mol. The second-order valence-corrected chi connectivity index (χ2v) is 7.31. The van der Waals surface area contributed by atoms with E-state index >= 15 is 0 Å². The first-order valence-electron chi connectivity index (χ1n) is 9.71. The molecule has 3 aromatic rings. The molecular weight excluding hydrogens is 320 g/mol. The summed E-state index contributed by atoms with van der Waals surface area (Å²) in [5.41, 5.74) is 5.35. The first-order chi connectivity index (χ1) is 12.8. The largest absolute Gasteiger partial charge is 0.361 e. The van der Waals surface area contributed by atoms with Gasteiger partial charge in [-0.1, -0.05) is 42.5 Å². The highest BCUT2D eigenvalue weighted by Crippen LogP contribution is 2.30. The van der Waals surface area contributed by atoms with Crippen LogP contribution in [0.5, 0.6) is 0 Å². The molecule has 1 amide bonds. The molecule has 1 aliphatic rings. The van der Waals surface area contributed by atoms with Crippen molar-refractivity contribution in [2.75, 3.05) is 6.54 Å². The summed E-state index contributed by atoms with van der Waals surface area (Å²) in [5, 5.41) is 4.43. The van der Waals surface area contributed by atoms with Crippen LogP contribution in [0.25, 0.3) is 10.9 Å². The van der Waals surface area contributed by atoms with Gasteiger partial charge in [0, 0.05) is 36.0 Å². The molecule has 4 rings (SSSR count). The number of para-hydroxylation sites is 1. The number of hydrogen-bond donors (Lipinski definition) is 2. The number of fused-ring (bicyclic) bond motifs is 2. The molecule has 2 aromatic carbocycles. The molecule has 0 spiro atoms. The van der Waals surface area contributed by atoms with Gasteiger partial charge in [0.05, 0.1) is 0 Å². The third kappa shape index (κ3) is 3.67. The van der Waals surface area contributed by atoms with Crippen LogP contribution < -0.4 is 5.32 Å². The van der Waals surface area contributed by atoms with E-state index in [-0.39, 0.29) is 5.91 Å². The summed E-state index contributed by atoms with van der Waals surface area (Å²) in [6.45, 7) is 0.767. The number of aryl methyl sites for hydroxylation is 2. The van der Waals surface area contributed by atoms with Gasteiger partial charge in [-0.15, -0.1) is 0 Å². The predicted octanol–water partition coefficient (Wildman–Crippen LogP) is 4.73. The van der Waals surface area contributed by atoms with Gasteiger partial charge < -0.3 is 10.3 Å². The third-order valence-corrected chi connectivity index (χ3v) is 5.56. The van der Waals surface area contributed by atoms with E-state index in [4.69, 9.17) is 0 Å². The van der Waals surface area contributed by atoms with Crippen molar-refractivity contribution >= 4 is 16.8 Å². The number of aromatic nitrogens is 1. The molecule has 0 radical (unpaired) electrons. The first-order valence-corrected chi connectivity index (χ1v) is 9.71. The highest BCUT2D eigenvalue weighted by molar-refractivity contribution is 5.83. The van der Waals surface area contributed by atoms with Crippen LogP contribution in [0.1, 0.15) is 48.3 Å². The van der Waals surface area contributed by atoms with Crippen LogP contribution in [0.2, 0.25) is 0 Å². The molecule has 0 fully saturated rings. The summed E-state index contributed by atoms with van der Waals surface area (Å²) in [6, 6.07) is 17.0. The van der Waals surface area contributed by atoms with Gasteiger partial charge in [-0.2, -0.15) is 0 Å². The maximum Gasteiger partial charge on any atom is 0.220 e. The number of carbonyl (C=O) groups is 1. The van der Waals surface area contributed by atoms with Crippen LogP contribution in [-0.2, 0) is 17.6 Å². The SMILES string of the molecule is O=C(CCCc1c[nH]c2ccccc12)NCC1CCCc2ccccc21. The molecule has 0 aliphatic heterocycles. The van der Waals surface area contributed by atoms with Crippen molar-refractivity contribution in [2.24, 2.45) is 0 Å². The van der Waals surface area contributed by atoms with Gasteiger partial charge >= 0.3 is 0 Å². The van der Waals surface area contributed by atoms with Crippen molar-refractivity contribution in [1.29, 1.82) is 0 Å². The minimum atomic E-state index is 0.174. The summed E-state index contributed by atoms with van der Waals surface area (Å²) in [7, 11) is 0. The Morgan fingerprint density at radius 2 is 1.96 bits per heavy atom.